The van der Waals surface area contributed by atoms with E-state index in [1.807, 2.05) is 36.1 Å². The maximum atomic E-state index is 11.8. The Morgan fingerprint density at radius 2 is 2.05 bits per heavy atom. The molecule has 0 saturated carbocycles. The van der Waals surface area contributed by atoms with E-state index in [9.17, 15) is 4.79 Å². The largest absolute Gasteiger partial charge is 0.444 e. The quantitative estimate of drug-likeness (QED) is 0.848. The summed E-state index contributed by atoms with van der Waals surface area (Å²) in [6.45, 7) is 3.98. The lowest BCUT2D eigenvalue weighted by Crippen LogP contribution is -2.29. The summed E-state index contributed by atoms with van der Waals surface area (Å²) < 4.78 is 5.26. The third-order valence-corrected chi connectivity index (χ3v) is 3.51. The van der Waals surface area contributed by atoms with Gasteiger partial charge in [-0.05, 0) is 30.7 Å². The van der Waals surface area contributed by atoms with Crippen molar-refractivity contribution in [3.8, 4) is 0 Å². The lowest BCUT2D eigenvalue weighted by atomic mass is 10.2. The molecule has 1 aromatic carbocycles. The standard InChI is InChI=1S/C14H17N3O3/c1-2-13-9-17(14(18)20-13)12-5-3-11(4-6-12)16-7-8-19-15-10-16/h3-6,10,13H,2,7-9H2,1H3/t13-/m0/s1. The first-order valence-corrected chi connectivity index (χ1v) is 6.78. The normalized spacial score (nSPS) is 21.9. The van der Waals surface area contributed by atoms with Crippen LogP contribution >= 0.6 is 0 Å². The fraction of sp³-hybridized carbons (Fsp3) is 0.429. The Morgan fingerprint density at radius 3 is 2.65 bits per heavy atom. The summed E-state index contributed by atoms with van der Waals surface area (Å²) in [4.78, 5) is 20.4. The van der Waals surface area contributed by atoms with Crippen LogP contribution < -0.4 is 9.80 Å². The van der Waals surface area contributed by atoms with Gasteiger partial charge >= 0.3 is 6.09 Å². The molecule has 2 heterocycles. The van der Waals surface area contributed by atoms with Gasteiger partial charge in [0, 0.05) is 11.4 Å². The molecule has 0 bridgehead atoms. The number of oxime groups is 1. The summed E-state index contributed by atoms with van der Waals surface area (Å²) in [6, 6.07) is 7.80. The second-order valence-corrected chi connectivity index (χ2v) is 4.79. The highest BCUT2D eigenvalue weighted by atomic mass is 16.6. The number of carbonyl (C=O) groups excluding carboxylic acids is 1. The van der Waals surface area contributed by atoms with Crippen molar-refractivity contribution in [1.29, 1.82) is 0 Å². The van der Waals surface area contributed by atoms with Gasteiger partial charge in [-0.1, -0.05) is 12.1 Å². The van der Waals surface area contributed by atoms with E-state index in [0.717, 1.165) is 24.3 Å². The molecule has 1 aromatic rings. The Bertz CT molecular complexity index is 515. The minimum atomic E-state index is -0.266. The first kappa shape index (κ1) is 12.8. The molecule has 2 aliphatic rings. The highest BCUT2D eigenvalue weighted by molar-refractivity contribution is 5.90. The number of ether oxygens (including phenoxy) is 1. The first-order valence-electron chi connectivity index (χ1n) is 6.78. The van der Waals surface area contributed by atoms with Gasteiger partial charge in [0.05, 0.1) is 13.1 Å². The monoisotopic (exact) mass is 275 g/mol. The van der Waals surface area contributed by atoms with Crippen molar-refractivity contribution in [2.45, 2.75) is 19.4 Å². The summed E-state index contributed by atoms with van der Waals surface area (Å²) in [5, 5.41) is 3.78. The Balaban J connectivity index is 1.74. The SMILES string of the molecule is CC[C@H]1CN(c2ccc(N3C=NOCC3)cc2)C(=O)O1. The highest BCUT2D eigenvalue weighted by Crippen LogP contribution is 2.25. The molecule has 6 nitrogen and oxygen atoms in total. The molecule has 0 aromatic heterocycles. The number of carbonyl (C=O) groups is 1. The molecule has 6 heteroatoms. The van der Waals surface area contributed by atoms with E-state index in [0.29, 0.717) is 13.2 Å². The average Bonchev–Trinajstić information content (AvgIpc) is 2.89. The van der Waals surface area contributed by atoms with E-state index >= 15 is 0 Å². The first-order chi connectivity index (χ1) is 9.78. The Morgan fingerprint density at radius 1 is 1.30 bits per heavy atom. The Hall–Kier alpha value is -2.24. The van der Waals surface area contributed by atoms with Crippen molar-refractivity contribution in [1.82, 2.24) is 0 Å². The van der Waals surface area contributed by atoms with Crippen LogP contribution in [-0.4, -0.2) is 38.2 Å². The maximum Gasteiger partial charge on any atom is 0.414 e. The molecule has 2 aliphatic heterocycles. The number of cyclic esters (lactones) is 1. The lowest BCUT2D eigenvalue weighted by Gasteiger charge is -2.22. The Kier molecular flexibility index (Phi) is 3.45. The molecule has 3 rings (SSSR count). The number of amides is 1. The molecule has 0 N–H and O–H groups in total. The predicted octanol–water partition coefficient (Wildman–Crippen LogP) is 2.20. The predicted molar refractivity (Wildman–Crippen MR) is 76.1 cm³/mol. The van der Waals surface area contributed by atoms with Crippen LogP contribution in [0, 0.1) is 0 Å². The molecule has 0 unspecified atom stereocenters. The molecular weight excluding hydrogens is 258 g/mol. The fourth-order valence-corrected chi connectivity index (χ4v) is 2.30. The van der Waals surface area contributed by atoms with Crippen LogP contribution in [0.2, 0.25) is 0 Å². The smallest absolute Gasteiger partial charge is 0.414 e. The zero-order valence-electron chi connectivity index (χ0n) is 11.4. The molecular formula is C14H17N3O3. The van der Waals surface area contributed by atoms with Crippen molar-refractivity contribution in [3.05, 3.63) is 24.3 Å². The zero-order chi connectivity index (χ0) is 13.9. The molecule has 106 valence electrons. The number of nitrogens with zero attached hydrogens (tertiary/aromatic N) is 3. The van der Waals surface area contributed by atoms with E-state index in [1.165, 1.54) is 0 Å². The number of rotatable bonds is 3. The lowest BCUT2D eigenvalue weighted by molar-refractivity contribution is 0.139. The Labute approximate surface area is 117 Å². The van der Waals surface area contributed by atoms with Crippen molar-refractivity contribution >= 4 is 23.8 Å². The fourth-order valence-electron chi connectivity index (χ4n) is 2.30. The van der Waals surface area contributed by atoms with Gasteiger partial charge in [-0.25, -0.2) is 4.79 Å². The minimum Gasteiger partial charge on any atom is -0.444 e. The van der Waals surface area contributed by atoms with Gasteiger partial charge in [0.15, 0.2) is 0 Å². The van der Waals surface area contributed by atoms with Gasteiger partial charge in [0.1, 0.15) is 19.0 Å². The molecule has 20 heavy (non-hydrogen) atoms. The van der Waals surface area contributed by atoms with E-state index < -0.39 is 0 Å². The van der Waals surface area contributed by atoms with Crippen LogP contribution in [0.25, 0.3) is 0 Å². The summed E-state index contributed by atoms with van der Waals surface area (Å²) in [6.07, 6.45) is 2.23. The van der Waals surface area contributed by atoms with Crippen molar-refractivity contribution < 1.29 is 14.4 Å². The van der Waals surface area contributed by atoms with Crippen LogP contribution in [0.4, 0.5) is 16.2 Å². The van der Waals surface area contributed by atoms with E-state index in [1.54, 1.807) is 11.2 Å². The van der Waals surface area contributed by atoms with Gasteiger partial charge < -0.3 is 14.5 Å². The second-order valence-electron chi connectivity index (χ2n) is 4.79. The number of hydrogen-bond acceptors (Lipinski definition) is 5. The van der Waals surface area contributed by atoms with E-state index in [-0.39, 0.29) is 12.2 Å². The second kappa shape index (κ2) is 5.40. The average molecular weight is 275 g/mol. The summed E-state index contributed by atoms with van der Waals surface area (Å²) in [5.41, 5.74) is 1.89. The molecule has 1 amide bonds. The molecule has 0 aliphatic carbocycles. The van der Waals surface area contributed by atoms with Gasteiger partial charge in [-0.3, -0.25) is 4.90 Å². The maximum absolute atomic E-state index is 11.8. The van der Waals surface area contributed by atoms with Crippen molar-refractivity contribution in [3.63, 3.8) is 0 Å². The van der Waals surface area contributed by atoms with Crippen LogP contribution in [0.3, 0.4) is 0 Å². The van der Waals surface area contributed by atoms with Crippen LogP contribution in [-0.2, 0) is 9.57 Å². The third-order valence-electron chi connectivity index (χ3n) is 3.51. The highest BCUT2D eigenvalue weighted by Gasteiger charge is 2.31. The van der Waals surface area contributed by atoms with Gasteiger partial charge in [-0.15, -0.1) is 0 Å². The molecule has 0 spiro atoms. The van der Waals surface area contributed by atoms with E-state index in [2.05, 4.69) is 5.16 Å². The topological polar surface area (TPSA) is 54.4 Å². The summed E-state index contributed by atoms with van der Waals surface area (Å²) in [5.74, 6) is 0. The molecule has 1 fully saturated rings. The zero-order valence-corrected chi connectivity index (χ0v) is 11.4. The summed E-state index contributed by atoms with van der Waals surface area (Å²) >= 11 is 0. The minimum absolute atomic E-state index is 0.00597. The number of anilines is 2. The van der Waals surface area contributed by atoms with Gasteiger partial charge in [0.2, 0.25) is 0 Å². The molecule has 0 radical (unpaired) electrons. The number of hydrogen-bond donors (Lipinski definition) is 0. The van der Waals surface area contributed by atoms with E-state index in [4.69, 9.17) is 9.57 Å². The summed E-state index contributed by atoms with van der Waals surface area (Å²) in [7, 11) is 0. The van der Waals surface area contributed by atoms with Crippen molar-refractivity contribution in [2.75, 3.05) is 29.5 Å². The van der Waals surface area contributed by atoms with Crippen molar-refractivity contribution in [2.24, 2.45) is 5.16 Å². The number of benzene rings is 1. The van der Waals surface area contributed by atoms with Crippen LogP contribution in [0.1, 0.15) is 13.3 Å². The van der Waals surface area contributed by atoms with Gasteiger partial charge in [0.25, 0.3) is 0 Å². The third kappa shape index (κ3) is 2.41. The molecule has 1 atom stereocenters. The van der Waals surface area contributed by atoms with Crippen LogP contribution in [0.5, 0.6) is 0 Å². The molecule has 1 saturated heterocycles. The van der Waals surface area contributed by atoms with Gasteiger partial charge in [-0.2, -0.15) is 0 Å². The van der Waals surface area contributed by atoms with Crippen LogP contribution in [0.15, 0.2) is 29.4 Å².